The summed E-state index contributed by atoms with van der Waals surface area (Å²) in [4.78, 5) is 16.3. The minimum Gasteiger partial charge on any atom is -0.348 e. The van der Waals surface area contributed by atoms with Gasteiger partial charge in [-0.15, -0.1) is 0 Å². The van der Waals surface area contributed by atoms with Crippen molar-refractivity contribution >= 4 is 17.5 Å². The third-order valence-corrected chi connectivity index (χ3v) is 3.89. The van der Waals surface area contributed by atoms with Gasteiger partial charge in [-0.05, 0) is 42.0 Å². The maximum atomic E-state index is 14.3. The predicted molar refractivity (Wildman–Crippen MR) is 92.2 cm³/mol. The van der Waals surface area contributed by atoms with E-state index in [0.717, 1.165) is 0 Å². The van der Waals surface area contributed by atoms with Gasteiger partial charge in [0, 0.05) is 18.3 Å². The fraction of sp³-hybridized carbons (Fsp3) is 0.0526. The van der Waals surface area contributed by atoms with Crippen molar-refractivity contribution in [1.29, 1.82) is 0 Å². The van der Waals surface area contributed by atoms with Crippen LogP contribution >= 0.6 is 11.6 Å². The lowest BCUT2D eigenvalue weighted by Crippen LogP contribution is -2.23. The number of nitrogens with zero attached hydrogens (tertiary/aromatic N) is 1. The number of amides is 1. The quantitative estimate of drug-likeness (QED) is 0.740. The Morgan fingerprint density at radius 2 is 1.92 bits per heavy atom. The van der Waals surface area contributed by atoms with Crippen LogP contribution in [0, 0.1) is 11.6 Å². The fourth-order valence-electron chi connectivity index (χ4n) is 2.37. The molecule has 0 aliphatic carbocycles. The first-order valence-corrected chi connectivity index (χ1v) is 7.85. The average Bonchev–Trinajstić information content (AvgIpc) is 2.60. The van der Waals surface area contributed by atoms with Crippen molar-refractivity contribution in [2.45, 2.75) is 6.54 Å². The third-order valence-electron chi connectivity index (χ3n) is 3.59. The molecule has 2 aromatic carbocycles. The topological polar surface area (TPSA) is 42.0 Å². The number of pyridine rings is 1. The molecule has 0 bridgehead atoms. The van der Waals surface area contributed by atoms with Gasteiger partial charge in [-0.3, -0.25) is 9.78 Å². The number of rotatable bonds is 4. The largest absolute Gasteiger partial charge is 0.348 e. The van der Waals surface area contributed by atoms with Crippen LogP contribution in [0.5, 0.6) is 0 Å². The number of nitrogens with one attached hydrogen (secondary N) is 1. The molecule has 126 valence electrons. The summed E-state index contributed by atoms with van der Waals surface area (Å²) in [5.41, 5.74) is 1.40. The van der Waals surface area contributed by atoms with Crippen molar-refractivity contribution in [2.75, 3.05) is 0 Å². The van der Waals surface area contributed by atoms with Gasteiger partial charge in [0.25, 0.3) is 5.91 Å². The van der Waals surface area contributed by atoms with Crippen LogP contribution in [0.15, 0.2) is 60.8 Å². The molecule has 0 radical (unpaired) electrons. The molecule has 1 amide bonds. The number of benzene rings is 2. The van der Waals surface area contributed by atoms with E-state index in [1.54, 1.807) is 36.5 Å². The van der Waals surface area contributed by atoms with E-state index in [2.05, 4.69) is 10.3 Å². The minimum atomic E-state index is -0.684. The van der Waals surface area contributed by atoms with E-state index >= 15 is 0 Å². The summed E-state index contributed by atoms with van der Waals surface area (Å²) in [6.45, 7) is 0.101. The van der Waals surface area contributed by atoms with Crippen molar-refractivity contribution in [3.8, 4) is 11.3 Å². The van der Waals surface area contributed by atoms with Gasteiger partial charge in [0.05, 0.1) is 16.3 Å². The molecule has 1 N–H and O–H groups in total. The average molecular weight is 359 g/mol. The Morgan fingerprint density at radius 3 is 2.64 bits per heavy atom. The molecule has 0 atom stereocenters. The van der Waals surface area contributed by atoms with Crippen LogP contribution in [0.2, 0.25) is 5.02 Å². The summed E-state index contributed by atoms with van der Waals surface area (Å²) in [5.74, 6) is -1.66. The zero-order valence-corrected chi connectivity index (χ0v) is 13.7. The third kappa shape index (κ3) is 4.00. The van der Waals surface area contributed by atoms with Crippen LogP contribution in [0.25, 0.3) is 11.3 Å². The molecule has 0 saturated heterocycles. The Labute approximate surface area is 148 Å². The first-order chi connectivity index (χ1) is 12.0. The molecule has 1 aromatic heterocycles. The number of halogens is 3. The number of aromatic nitrogens is 1. The van der Waals surface area contributed by atoms with Gasteiger partial charge < -0.3 is 5.32 Å². The lowest BCUT2D eigenvalue weighted by Gasteiger charge is -2.08. The molecule has 0 saturated carbocycles. The van der Waals surface area contributed by atoms with Crippen LogP contribution in [-0.2, 0) is 6.54 Å². The molecule has 0 unspecified atom stereocenters. The summed E-state index contributed by atoms with van der Waals surface area (Å²) in [6, 6.07) is 13.3. The molecule has 0 fully saturated rings. The predicted octanol–water partition coefficient (Wildman–Crippen LogP) is 4.61. The number of carbonyl (C=O) groups is 1. The van der Waals surface area contributed by atoms with Crippen LogP contribution < -0.4 is 5.32 Å². The molecule has 25 heavy (non-hydrogen) atoms. The Kier molecular flexibility index (Phi) is 5.05. The van der Waals surface area contributed by atoms with Crippen LogP contribution in [0.3, 0.4) is 0 Å². The first-order valence-electron chi connectivity index (χ1n) is 7.47. The van der Waals surface area contributed by atoms with Crippen LogP contribution in [-0.4, -0.2) is 10.9 Å². The highest BCUT2D eigenvalue weighted by Gasteiger charge is 2.14. The van der Waals surface area contributed by atoms with Gasteiger partial charge in [0.15, 0.2) is 0 Å². The van der Waals surface area contributed by atoms with E-state index in [1.165, 1.54) is 24.3 Å². The SMILES string of the molecule is O=C(NCc1cccc(F)c1)c1ccc(-c2ncccc2Cl)cc1F. The Balaban J connectivity index is 1.76. The van der Waals surface area contributed by atoms with Gasteiger partial charge in [-0.1, -0.05) is 29.8 Å². The Morgan fingerprint density at radius 1 is 1.08 bits per heavy atom. The van der Waals surface area contributed by atoms with E-state index in [1.807, 2.05) is 0 Å². The summed E-state index contributed by atoms with van der Waals surface area (Å²) in [5, 5.41) is 2.96. The Bertz CT molecular complexity index is 931. The van der Waals surface area contributed by atoms with Crippen molar-refractivity contribution in [1.82, 2.24) is 10.3 Å². The van der Waals surface area contributed by atoms with Gasteiger partial charge in [0.2, 0.25) is 0 Å². The first kappa shape index (κ1) is 17.0. The molecule has 0 aliphatic heterocycles. The van der Waals surface area contributed by atoms with E-state index in [-0.39, 0.29) is 12.1 Å². The van der Waals surface area contributed by atoms with Gasteiger partial charge in [0.1, 0.15) is 11.6 Å². The maximum absolute atomic E-state index is 14.3. The number of hydrogen-bond acceptors (Lipinski definition) is 2. The highest BCUT2D eigenvalue weighted by atomic mass is 35.5. The van der Waals surface area contributed by atoms with Crippen molar-refractivity contribution in [3.63, 3.8) is 0 Å². The summed E-state index contributed by atoms with van der Waals surface area (Å²) >= 11 is 6.05. The van der Waals surface area contributed by atoms with E-state index < -0.39 is 17.5 Å². The molecular formula is C19H13ClF2N2O. The molecule has 1 heterocycles. The zero-order valence-electron chi connectivity index (χ0n) is 13.0. The fourth-order valence-corrected chi connectivity index (χ4v) is 2.60. The number of carbonyl (C=O) groups excluding carboxylic acids is 1. The van der Waals surface area contributed by atoms with Crippen molar-refractivity contribution in [2.24, 2.45) is 0 Å². The van der Waals surface area contributed by atoms with Gasteiger partial charge in [-0.2, -0.15) is 0 Å². The maximum Gasteiger partial charge on any atom is 0.254 e. The highest BCUT2D eigenvalue weighted by molar-refractivity contribution is 6.33. The molecular weight excluding hydrogens is 346 g/mol. The number of hydrogen-bond donors (Lipinski definition) is 1. The second-order valence-electron chi connectivity index (χ2n) is 5.34. The van der Waals surface area contributed by atoms with Gasteiger partial charge >= 0.3 is 0 Å². The van der Waals surface area contributed by atoms with Crippen molar-refractivity contribution in [3.05, 3.63) is 88.6 Å². The minimum absolute atomic E-state index is 0.101. The summed E-state index contributed by atoms with van der Waals surface area (Å²) < 4.78 is 27.4. The van der Waals surface area contributed by atoms with Crippen LogP contribution in [0.4, 0.5) is 8.78 Å². The molecule has 6 heteroatoms. The standard InChI is InChI=1S/C19H13ClF2N2O/c20-16-5-2-8-23-18(16)13-6-7-15(17(22)10-13)19(25)24-11-12-3-1-4-14(21)9-12/h1-10H,11H2,(H,24,25). The lowest BCUT2D eigenvalue weighted by atomic mass is 10.1. The van der Waals surface area contributed by atoms with Crippen molar-refractivity contribution < 1.29 is 13.6 Å². The summed E-state index contributed by atoms with van der Waals surface area (Å²) in [7, 11) is 0. The zero-order chi connectivity index (χ0) is 17.8. The normalized spacial score (nSPS) is 10.5. The molecule has 0 aliphatic rings. The van der Waals surface area contributed by atoms with Gasteiger partial charge in [-0.25, -0.2) is 8.78 Å². The second kappa shape index (κ2) is 7.40. The summed E-state index contributed by atoms with van der Waals surface area (Å²) in [6.07, 6.45) is 1.55. The van der Waals surface area contributed by atoms with Crippen LogP contribution in [0.1, 0.15) is 15.9 Å². The molecule has 3 aromatic rings. The second-order valence-corrected chi connectivity index (χ2v) is 5.75. The van der Waals surface area contributed by atoms with E-state index in [0.29, 0.717) is 21.8 Å². The lowest BCUT2D eigenvalue weighted by molar-refractivity contribution is 0.0947. The molecule has 3 rings (SSSR count). The Hall–Kier alpha value is -2.79. The van der Waals surface area contributed by atoms with E-state index in [4.69, 9.17) is 11.6 Å². The molecule has 0 spiro atoms. The smallest absolute Gasteiger partial charge is 0.254 e. The van der Waals surface area contributed by atoms with E-state index in [9.17, 15) is 13.6 Å². The monoisotopic (exact) mass is 358 g/mol. The highest BCUT2D eigenvalue weighted by Crippen LogP contribution is 2.26. The molecule has 3 nitrogen and oxygen atoms in total.